The van der Waals surface area contributed by atoms with Crippen LogP contribution >= 0.6 is 0 Å². The average Bonchev–Trinajstić information content (AvgIpc) is 2.34. The zero-order valence-corrected chi connectivity index (χ0v) is 10.6. The summed E-state index contributed by atoms with van der Waals surface area (Å²) in [5.74, 6) is 0.137. The lowest BCUT2D eigenvalue weighted by molar-refractivity contribution is 0.0723. The largest absolute Gasteiger partial charge is 0.398 e. The Labute approximate surface area is 103 Å². The van der Waals surface area contributed by atoms with Crippen molar-refractivity contribution in [2.75, 3.05) is 18.8 Å². The number of nitrogens with zero attached hydrogens (tertiary/aromatic N) is 1. The maximum absolute atomic E-state index is 12.4. The summed E-state index contributed by atoms with van der Waals surface area (Å²) in [5.41, 5.74) is 9.36. The summed E-state index contributed by atoms with van der Waals surface area (Å²) >= 11 is 0. The fourth-order valence-corrected chi connectivity index (χ4v) is 2.38. The van der Waals surface area contributed by atoms with E-state index in [2.05, 4.69) is 0 Å². The number of carbonyl (C=O) groups is 1. The zero-order valence-electron chi connectivity index (χ0n) is 10.6. The van der Waals surface area contributed by atoms with Crippen LogP contribution in [-0.4, -0.2) is 23.9 Å². The number of hydrogen-bond acceptors (Lipinski definition) is 2. The zero-order chi connectivity index (χ0) is 12.4. The van der Waals surface area contributed by atoms with Crippen LogP contribution < -0.4 is 5.73 Å². The minimum Gasteiger partial charge on any atom is -0.398 e. The Morgan fingerprint density at radius 2 is 1.82 bits per heavy atom. The number of aryl methyl sites for hydroxylation is 1. The lowest BCUT2D eigenvalue weighted by Crippen LogP contribution is -2.36. The Morgan fingerprint density at radius 1 is 1.18 bits per heavy atom. The predicted molar refractivity (Wildman–Crippen MR) is 70.1 cm³/mol. The first-order chi connectivity index (χ1) is 8.09. The van der Waals surface area contributed by atoms with Crippen LogP contribution in [0.2, 0.25) is 0 Å². The highest BCUT2D eigenvalue weighted by Crippen LogP contribution is 2.21. The van der Waals surface area contributed by atoms with Crippen molar-refractivity contribution < 1.29 is 4.79 Å². The summed E-state index contributed by atoms with van der Waals surface area (Å²) in [6.07, 6.45) is 3.47. The van der Waals surface area contributed by atoms with Gasteiger partial charge in [-0.15, -0.1) is 0 Å². The van der Waals surface area contributed by atoms with Crippen LogP contribution in [0.15, 0.2) is 12.1 Å². The molecule has 2 rings (SSSR count). The third kappa shape index (κ3) is 2.43. The maximum Gasteiger partial charge on any atom is 0.254 e. The molecule has 1 aliphatic heterocycles. The second-order valence-electron chi connectivity index (χ2n) is 4.88. The SMILES string of the molecule is Cc1cc(N)c(C)c(C(=O)N2CCCCC2)c1. The lowest BCUT2D eigenvalue weighted by Gasteiger charge is -2.27. The highest BCUT2D eigenvalue weighted by molar-refractivity contribution is 5.97. The molecule has 17 heavy (non-hydrogen) atoms. The smallest absolute Gasteiger partial charge is 0.254 e. The Hall–Kier alpha value is -1.51. The molecule has 0 aliphatic carbocycles. The van der Waals surface area contributed by atoms with Crippen LogP contribution in [0.5, 0.6) is 0 Å². The van der Waals surface area contributed by atoms with Crippen molar-refractivity contribution in [3.8, 4) is 0 Å². The molecule has 1 aromatic carbocycles. The van der Waals surface area contributed by atoms with E-state index in [0.717, 1.165) is 42.6 Å². The summed E-state index contributed by atoms with van der Waals surface area (Å²) in [4.78, 5) is 14.3. The molecule has 0 aromatic heterocycles. The molecule has 3 nitrogen and oxygen atoms in total. The van der Waals surface area contributed by atoms with E-state index in [0.29, 0.717) is 5.69 Å². The number of piperidine rings is 1. The number of nitrogens with two attached hydrogens (primary N) is 1. The van der Waals surface area contributed by atoms with Gasteiger partial charge in [-0.1, -0.05) is 0 Å². The van der Waals surface area contributed by atoms with Crippen molar-refractivity contribution in [2.45, 2.75) is 33.1 Å². The van der Waals surface area contributed by atoms with Crippen LogP contribution in [0.3, 0.4) is 0 Å². The monoisotopic (exact) mass is 232 g/mol. The van der Waals surface area contributed by atoms with Crippen molar-refractivity contribution in [3.63, 3.8) is 0 Å². The molecule has 0 saturated carbocycles. The number of likely N-dealkylation sites (tertiary alicyclic amines) is 1. The van der Waals surface area contributed by atoms with E-state index in [-0.39, 0.29) is 5.91 Å². The Morgan fingerprint density at radius 3 is 2.47 bits per heavy atom. The Balaban J connectivity index is 2.29. The summed E-state index contributed by atoms with van der Waals surface area (Å²) in [6.45, 7) is 5.66. The Kier molecular flexibility index (Phi) is 3.36. The summed E-state index contributed by atoms with van der Waals surface area (Å²) < 4.78 is 0. The minimum atomic E-state index is 0.137. The van der Waals surface area contributed by atoms with Gasteiger partial charge in [-0.2, -0.15) is 0 Å². The molecule has 92 valence electrons. The second-order valence-corrected chi connectivity index (χ2v) is 4.88. The average molecular weight is 232 g/mol. The number of rotatable bonds is 1. The highest BCUT2D eigenvalue weighted by Gasteiger charge is 2.20. The Bertz CT molecular complexity index is 434. The molecule has 0 radical (unpaired) electrons. The van der Waals surface area contributed by atoms with E-state index >= 15 is 0 Å². The van der Waals surface area contributed by atoms with Gasteiger partial charge in [-0.3, -0.25) is 4.79 Å². The minimum absolute atomic E-state index is 0.137. The van der Waals surface area contributed by atoms with Crippen molar-refractivity contribution in [2.24, 2.45) is 0 Å². The first-order valence-corrected chi connectivity index (χ1v) is 6.25. The van der Waals surface area contributed by atoms with Crippen LogP contribution in [-0.2, 0) is 0 Å². The van der Waals surface area contributed by atoms with Crippen molar-refractivity contribution >= 4 is 11.6 Å². The molecule has 0 atom stereocenters. The lowest BCUT2D eigenvalue weighted by atomic mass is 10.0. The van der Waals surface area contributed by atoms with E-state index in [1.807, 2.05) is 30.9 Å². The molecular weight excluding hydrogens is 212 g/mol. The van der Waals surface area contributed by atoms with Crippen LogP contribution in [0.1, 0.15) is 40.7 Å². The number of hydrogen-bond donors (Lipinski definition) is 1. The molecule has 0 unspecified atom stereocenters. The van der Waals surface area contributed by atoms with E-state index in [4.69, 9.17) is 5.73 Å². The molecule has 1 aromatic rings. The quantitative estimate of drug-likeness (QED) is 0.756. The molecule has 1 saturated heterocycles. The first-order valence-electron chi connectivity index (χ1n) is 6.25. The van der Waals surface area contributed by atoms with E-state index in [9.17, 15) is 4.79 Å². The van der Waals surface area contributed by atoms with Crippen molar-refractivity contribution in [1.29, 1.82) is 0 Å². The van der Waals surface area contributed by atoms with Crippen molar-refractivity contribution in [3.05, 3.63) is 28.8 Å². The van der Waals surface area contributed by atoms with Gasteiger partial charge in [0.05, 0.1) is 0 Å². The third-order valence-electron chi connectivity index (χ3n) is 3.47. The molecule has 3 heteroatoms. The molecule has 0 bridgehead atoms. The summed E-state index contributed by atoms with van der Waals surface area (Å²) in [7, 11) is 0. The first kappa shape index (κ1) is 12.0. The third-order valence-corrected chi connectivity index (χ3v) is 3.47. The molecule has 0 spiro atoms. The standard InChI is InChI=1S/C14H20N2O/c1-10-8-12(11(2)13(15)9-10)14(17)16-6-4-3-5-7-16/h8-9H,3-7,15H2,1-2H3. The highest BCUT2D eigenvalue weighted by atomic mass is 16.2. The topological polar surface area (TPSA) is 46.3 Å². The maximum atomic E-state index is 12.4. The number of anilines is 1. The summed E-state index contributed by atoms with van der Waals surface area (Å²) in [5, 5.41) is 0. The fourth-order valence-electron chi connectivity index (χ4n) is 2.38. The molecule has 1 aliphatic rings. The van der Waals surface area contributed by atoms with E-state index in [1.165, 1.54) is 6.42 Å². The molecule has 1 heterocycles. The van der Waals surface area contributed by atoms with Gasteiger partial charge in [0.2, 0.25) is 0 Å². The number of amides is 1. The molecule has 1 amide bonds. The molecule has 2 N–H and O–H groups in total. The number of benzene rings is 1. The van der Waals surface area contributed by atoms with E-state index in [1.54, 1.807) is 0 Å². The summed E-state index contributed by atoms with van der Waals surface area (Å²) in [6, 6.07) is 3.87. The van der Waals surface area contributed by atoms with Crippen LogP contribution in [0.25, 0.3) is 0 Å². The van der Waals surface area contributed by atoms with Gasteiger partial charge < -0.3 is 10.6 Å². The molecular formula is C14H20N2O. The van der Waals surface area contributed by atoms with Gasteiger partial charge in [-0.05, 0) is 56.4 Å². The van der Waals surface area contributed by atoms with Gasteiger partial charge in [-0.25, -0.2) is 0 Å². The van der Waals surface area contributed by atoms with Gasteiger partial charge in [0.15, 0.2) is 0 Å². The fraction of sp³-hybridized carbons (Fsp3) is 0.500. The van der Waals surface area contributed by atoms with Gasteiger partial charge in [0, 0.05) is 24.3 Å². The van der Waals surface area contributed by atoms with E-state index < -0.39 is 0 Å². The predicted octanol–water partition coefficient (Wildman–Crippen LogP) is 2.51. The normalized spacial score (nSPS) is 16.0. The van der Waals surface area contributed by atoms with Gasteiger partial charge in [0.25, 0.3) is 5.91 Å². The van der Waals surface area contributed by atoms with Gasteiger partial charge >= 0.3 is 0 Å². The molecule has 1 fully saturated rings. The van der Waals surface area contributed by atoms with Crippen LogP contribution in [0.4, 0.5) is 5.69 Å². The number of carbonyl (C=O) groups excluding carboxylic acids is 1. The van der Waals surface area contributed by atoms with Crippen molar-refractivity contribution in [1.82, 2.24) is 4.90 Å². The number of nitrogen functional groups attached to an aromatic ring is 1. The van der Waals surface area contributed by atoms with Gasteiger partial charge in [0.1, 0.15) is 0 Å². The van der Waals surface area contributed by atoms with Crippen LogP contribution in [0, 0.1) is 13.8 Å². The second kappa shape index (κ2) is 4.78.